The van der Waals surface area contributed by atoms with Crippen molar-refractivity contribution >= 4 is 5.84 Å². The first kappa shape index (κ1) is 9.47. The Labute approximate surface area is 63.5 Å². The van der Waals surface area contributed by atoms with Gasteiger partial charge in [0.15, 0.2) is 0 Å². The van der Waals surface area contributed by atoms with Crippen LogP contribution in [0.4, 0.5) is 0 Å². The Morgan fingerprint density at radius 1 is 1.30 bits per heavy atom. The Balaban J connectivity index is 3.81. The molecule has 0 amide bonds. The molecule has 2 heteroatoms. The van der Waals surface area contributed by atoms with E-state index in [1.165, 1.54) is 0 Å². The highest BCUT2D eigenvalue weighted by Gasteiger charge is 2.12. The van der Waals surface area contributed by atoms with Crippen LogP contribution in [0.15, 0.2) is 0 Å². The van der Waals surface area contributed by atoms with Gasteiger partial charge >= 0.3 is 0 Å². The molecule has 0 saturated heterocycles. The number of hydrogen-bond acceptors (Lipinski definition) is 1. The second-order valence-electron chi connectivity index (χ2n) is 3.94. The van der Waals surface area contributed by atoms with Crippen LogP contribution in [-0.2, 0) is 0 Å². The molecule has 0 bridgehead atoms. The van der Waals surface area contributed by atoms with Crippen LogP contribution in [-0.4, -0.2) is 11.4 Å². The molecule has 0 aromatic rings. The molecule has 0 aliphatic rings. The van der Waals surface area contributed by atoms with Crippen LogP contribution in [0.25, 0.3) is 0 Å². The zero-order valence-electron chi connectivity index (χ0n) is 7.58. The largest absolute Gasteiger partial charge is 0.369 e. The second kappa shape index (κ2) is 3.04. The minimum absolute atomic E-state index is 0.0291. The Morgan fingerprint density at radius 2 is 1.70 bits per heavy atom. The van der Waals surface area contributed by atoms with Crippen molar-refractivity contribution in [3.8, 4) is 0 Å². The maximum atomic E-state index is 7.49. The fourth-order valence-electron chi connectivity index (χ4n) is 0.548. The highest BCUT2D eigenvalue weighted by Crippen LogP contribution is 2.01. The number of rotatable bonds is 1. The Bertz CT molecular complexity index is 120. The lowest BCUT2D eigenvalue weighted by molar-refractivity contribution is 0.497. The molecule has 0 spiro atoms. The van der Waals surface area contributed by atoms with Crippen LogP contribution in [0.5, 0.6) is 0 Å². The van der Waals surface area contributed by atoms with Crippen LogP contribution in [0.3, 0.4) is 0 Å². The number of hydrogen-bond donors (Lipinski definition) is 2. The summed E-state index contributed by atoms with van der Waals surface area (Å²) in [7, 11) is 0. The van der Waals surface area contributed by atoms with Crippen molar-refractivity contribution in [2.24, 2.45) is 5.92 Å². The van der Waals surface area contributed by atoms with Gasteiger partial charge in [0.2, 0.25) is 0 Å². The van der Waals surface area contributed by atoms with Gasteiger partial charge < -0.3 is 5.32 Å². The summed E-state index contributed by atoms with van der Waals surface area (Å²) in [5, 5.41) is 10.6. The van der Waals surface area contributed by atoms with E-state index in [1.54, 1.807) is 0 Å². The maximum Gasteiger partial charge on any atom is 0.0961 e. The van der Waals surface area contributed by atoms with E-state index in [2.05, 4.69) is 26.1 Å². The van der Waals surface area contributed by atoms with Gasteiger partial charge in [0.25, 0.3) is 0 Å². The molecule has 0 aromatic carbocycles. The van der Waals surface area contributed by atoms with Gasteiger partial charge in [-0.05, 0) is 20.8 Å². The first-order valence-corrected chi connectivity index (χ1v) is 3.69. The van der Waals surface area contributed by atoms with E-state index in [-0.39, 0.29) is 5.54 Å². The fraction of sp³-hybridized carbons (Fsp3) is 0.875. The Hall–Kier alpha value is -0.530. The molecule has 2 N–H and O–H groups in total. The van der Waals surface area contributed by atoms with E-state index in [0.29, 0.717) is 11.8 Å². The molecule has 0 rings (SSSR count). The van der Waals surface area contributed by atoms with Crippen LogP contribution in [0.2, 0.25) is 0 Å². The molecular formula is C8H18N2. The van der Waals surface area contributed by atoms with Gasteiger partial charge in [-0.1, -0.05) is 13.8 Å². The van der Waals surface area contributed by atoms with Crippen molar-refractivity contribution in [3.63, 3.8) is 0 Å². The van der Waals surface area contributed by atoms with Crippen molar-refractivity contribution in [2.45, 2.75) is 40.2 Å². The minimum Gasteiger partial charge on any atom is -0.369 e. The molecule has 0 aliphatic heterocycles. The highest BCUT2D eigenvalue weighted by molar-refractivity contribution is 5.81. The molecule has 60 valence electrons. The lowest BCUT2D eigenvalue weighted by Gasteiger charge is -2.24. The Kier molecular flexibility index (Phi) is 2.88. The quantitative estimate of drug-likeness (QED) is 0.426. The average molecular weight is 142 g/mol. The fourth-order valence-corrected chi connectivity index (χ4v) is 0.548. The van der Waals surface area contributed by atoms with Crippen LogP contribution in [0, 0.1) is 11.3 Å². The van der Waals surface area contributed by atoms with Crippen molar-refractivity contribution in [2.75, 3.05) is 0 Å². The Morgan fingerprint density at radius 3 is 1.80 bits per heavy atom. The minimum atomic E-state index is 0.0291. The lowest BCUT2D eigenvalue weighted by Crippen LogP contribution is -2.42. The van der Waals surface area contributed by atoms with Crippen molar-refractivity contribution in [1.82, 2.24) is 5.32 Å². The number of nitrogens with one attached hydrogen (secondary N) is 2. The molecule has 2 nitrogen and oxygen atoms in total. The predicted molar refractivity (Wildman–Crippen MR) is 45.5 cm³/mol. The monoisotopic (exact) mass is 142 g/mol. The van der Waals surface area contributed by atoms with Gasteiger partial charge in [0.05, 0.1) is 5.84 Å². The third-order valence-corrected chi connectivity index (χ3v) is 1.09. The van der Waals surface area contributed by atoms with Gasteiger partial charge in [0, 0.05) is 11.5 Å². The normalized spacial score (nSPS) is 11.8. The van der Waals surface area contributed by atoms with Crippen molar-refractivity contribution in [3.05, 3.63) is 0 Å². The average Bonchev–Trinajstić information content (AvgIpc) is 1.60. The van der Waals surface area contributed by atoms with E-state index in [1.807, 2.05) is 13.8 Å². The molecule has 0 aromatic heterocycles. The van der Waals surface area contributed by atoms with Gasteiger partial charge in [-0.3, -0.25) is 5.41 Å². The van der Waals surface area contributed by atoms with E-state index in [9.17, 15) is 0 Å². The zero-order valence-corrected chi connectivity index (χ0v) is 7.58. The molecule has 0 unspecified atom stereocenters. The third-order valence-electron chi connectivity index (χ3n) is 1.09. The first-order chi connectivity index (χ1) is 4.33. The molecule has 0 heterocycles. The summed E-state index contributed by atoms with van der Waals surface area (Å²) in [5.41, 5.74) is 0.0291. The summed E-state index contributed by atoms with van der Waals surface area (Å²) in [6.45, 7) is 10.2. The van der Waals surface area contributed by atoms with E-state index in [0.717, 1.165) is 0 Å². The summed E-state index contributed by atoms with van der Waals surface area (Å²) in [5.74, 6) is 0.923. The van der Waals surface area contributed by atoms with Gasteiger partial charge in [-0.25, -0.2) is 0 Å². The molecule has 0 atom stereocenters. The van der Waals surface area contributed by atoms with Gasteiger partial charge in [-0.2, -0.15) is 0 Å². The molecular weight excluding hydrogens is 124 g/mol. The standard InChI is InChI=1S/C8H18N2/c1-6(2)7(9)10-8(3,4)5/h6H,1-5H3,(H2,9,10). The van der Waals surface area contributed by atoms with Crippen LogP contribution in [0.1, 0.15) is 34.6 Å². The smallest absolute Gasteiger partial charge is 0.0961 e. The summed E-state index contributed by atoms with van der Waals surface area (Å²) in [6.07, 6.45) is 0. The van der Waals surface area contributed by atoms with Gasteiger partial charge in [-0.15, -0.1) is 0 Å². The maximum absolute atomic E-state index is 7.49. The molecule has 0 fully saturated rings. The number of amidine groups is 1. The molecule has 0 radical (unpaired) electrons. The van der Waals surface area contributed by atoms with E-state index in [4.69, 9.17) is 5.41 Å². The summed E-state index contributed by atoms with van der Waals surface area (Å²) < 4.78 is 0. The SMILES string of the molecule is CC(C)C(=N)NC(C)(C)C. The third kappa shape index (κ3) is 4.36. The van der Waals surface area contributed by atoms with Crippen molar-refractivity contribution in [1.29, 1.82) is 5.41 Å². The van der Waals surface area contributed by atoms with Crippen LogP contribution < -0.4 is 5.32 Å². The molecule has 0 aliphatic carbocycles. The zero-order chi connectivity index (χ0) is 8.36. The lowest BCUT2D eigenvalue weighted by atomic mass is 10.1. The van der Waals surface area contributed by atoms with Crippen LogP contribution >= 0.6 is 0 Å². The second-order valence-corrected chi connectivity index (χ2v) is 3.94. The van der Waals surface area contributed by atoms with Crippen molar-refractivity contribution < 1.29 is 0 Å². The molecule has 10 heavy (non-hydrogen) atoms. The summed E-state index contributed by atoms with van der Waals surface area (Å²) in [4.78, 5) is 0. The van der Waals surface area contributed by atoms with E-state index < -0.39 is 0 Å². The van der Waals surface area contributed by atoms with Gasteiger partial charge in [0.1, 0.15) is 0 Å². The topological polar surface area (TPSA) is 35.9 Å². The summed E-state index contributed by atoms with van der Waals surface area (Å²) in [6, 6.07) is 0. The van der Waals surface area contributed by atoms with E-state index >= 15 is 0 Å². The first-order valence-electron chi connectivity index (χ1n) is 3.69. The molecule has 0 saturated carbocycles. The summed E-state index contributed by atoms with van der Waals surface area (Å²) >= 11 is 0. The predicted octanol–water partition coefficient (Wildman–Crippen LogP) is 2.01. The highest BCUT2D eigenvalue weighted by atomic mass is 15.0.